The Hall–Kier alpha value is -1.06. The molecule has 112 valence electrons. The number of rotatable bonds is 4. The predicted octanol–water partition coefficient (Wildman–Crippen LogP) is 2.80. The number of nitrogens with zero attached hydrogens (tertiary/aromatic N) is 1. The van der Waals surface area contributed by atoms with Crippen molar-refractivity contribution in [1.29, 1.82) is 0 Å². The Morgan fingerprint density at radius 2 is 2.05 bits per heavy atom. The van der Waals surface area contributed by atoms with Gasteiger partial charge >= 0.3 is 0 Å². The van der Waals surface area contributed by atoms with Gasteiger partial charge in [0.2, 0.25) is 5.91 Å². The van der Waals surface area contributed by atoms with Crippen LogP contribution in [0.15, 0.2) is 30.3 Å². The number of benzene rings is 1. The highest BCUT2D eigenvalue weighted by Gasteiger charge is 2.31. The van der Waals surface area contributed by atoms with Crippen molar-refractivity contribution in [1.82, 2.24) is 4.90 Å². The normalized spacial score (nSPS) is 23.2. The lowest BCUT2D eigenvalue weighted by Crippen LogP contribution is -2.35. The van der Waals surface area contributed by atoms with Crippen LogP contribution in [-0.4, -0.2) is 29.9 Å². The van der Waals surface area contributed by atoms with Gasteiger partial charge in [-0.1, -0.05) is 37.3 Å². The van der Waals surface area contributed by atoms with Crippen LogP contribution < -0.4 is 5.73 Å². The standard InChI is InChI=1S/C16H24N2O.ClH/c1-12(15-6-4-3-5-7-15)8-16(19)18-11-14(10-17)9-13(18)2;/h3-7,12-14H,8-11,17H2,1-2H3;1H. The molecule has 1 aromatic rings. The van der Waals surface area contributed by atoms with Gasteiger partial charge in [-0.2, -0.15) is 0 Å². The highest BCUT2D eigenvalue weighted by molar-refractivity contribution is 5.85. The van der Waals surface area contributed by atoms with Crippen molar-refractivity contribution >= 4 is 18.3 Å². The third-order valence-electron chi connectivity index (χ3n) is 4.16. The van der Waals surface area contributed by atoms with Crippen molar-refractivity contribution < 1.29 is 4.79 Å². The Morgan fingerprint density at radius 1 is 1.40 bits per heavy atom. The minimum atomic E-state index is 0. The Bertz CT molecular complexity index is 424. The highest BCUT2D eigenvalue weighted by Crippen LogP contribution is 2.26. The molecule has 1 heterocycles. The van der Waals surface area contributed by atoms with E-state index in [1.165, 1.54) is 5.56 Å². The van der Waals surface area contributed by atoms with E-state index in [-0.39, 0.29) is 24.2 Å². The van der Waals surface area contributed by atoms with Gasteiger partial charge in [0.25, 0.3) is 0 Å². The Morgan fingerprint density at radius 3 is 2.60 bits per heavy atom. The number of likely N-dealkylation sites (tertiary alicyclic amines) is 1. The molecular formula is C16H25ClN2O. The summed E-state index contributed by atoms with van der Waals surface area (Å²) in [7, 11) is 0. The smallest absolute Gasteiger partial charge is 0.223 e. The fraction of sp³-hybridized carbons (Fsp3) is 0.562. The summed E-state index contributed by atoms with van der Waals surface area (Å²) in [4.78, 5) is 14.4. The molecule has 2 N–H and O–H groups in total. The Balaban J connectivity index is 0.00000200. The molecule has 1 aromatic carbocycles. The quantitative estimate of drug-likeness (QED) is 0.929. The zero-order chi connectivity index (χ0) is 13.8. The molecule has 0 saturated carbocycles. The maximum absolute atomic E-state index is 12.4. The fourth-order valence-electron chi connectivity index (χ4n) is 2.94. The molecule has 2 rings (SSSR count). The van der Waals surface area contributed by atoms with Crippen molar-refractivity contribution in [2.45, 2.75) is 38.6 Å². The van der Waals surface area contributed by atoms with Crippen LogP contribution in [0.5, 0.6) is 0 Å². The minimum Gasteiger partial charge on any atom is -0.340 e. The summed E-state index contributed by atoms with van der Waals surface area (Å²) in [6.45, 7) is 5.76. The molecule has 1 aliphatic heterocycles. The van der Waals surface area contributed by atoms with Gasteiger partial charge in [0.15, 0.2) is 0 Å². The molecule has 3 nitrogen and oxygen atoms in total. The second kappa shape index (κ2) is 7.65. The van der Waals surface area contributed by atoms with Crippen LogP contribution in [0.25, 0.3) is 0 Å². The first-order valence-electron chi connectivity index (χ1n) is 7.16. The number of hydrogen-bond donors (Lipinski definition) is 1. The molecule has 0 aromatic heterocycles. The first kappa shape index (κ1) is 17.0. The summed E-state index contributed by atoms with van der Waals surface area (Å²) < 4.78 is 0. The van der Waals surface area contributed by atoms with Crippen molar-refractivity contribution in [3.05, 3.63) is 35.9 Å². The van der Waals surface area contributed by atoms with Gasteiger partial charge in [0, 0.05) is 19.0 Å². The van der Waals surface area contributed by atoms with Gasteiger partial charge in [-0.05, 0) is 37.3 Å². The van der Waals surface area contributed by atoms with Gasteiger partial charge in [0.1, 0.15) is 0 Å². The molecule has 1 fully saturated rings. The number of hydrogen-bond acceptors (Lipinski definition) is 2. The van der Waals surface area contributed by atoms with Crippen molar-refractivity contribution in [2.75, 3.05) is 13.1 Å². The summed E-state index contributed by atoms with van der Waals surface area (Å²) >= 11 is 0. The lowest BCUT2D eigenvalue weighted by atomic mass is 9.97. The maximum atomic E-state index is 12.4. The molecule has 0 aliphatic carbocycles. The highest BCUT2D eigenvalue weighted by atomic mass is 35.5. The van der Waals surface area contributed by atoms with E-state index in [0.29, 0.717) is 24.9 Å². The second-order valence-corrected chi connectivity index (χ2v) is 5.75. The third-order valence-corrected chi connectivity index (χ3v) is 4.16. The monoisotopic (exact) mass is 296 g/mol. The Labute approximate surface area is 127 Å². The van der Waals surface area contributed by atoms with E-state index in [1.54, 1.807) is 0 Å². The second-order valence-electron chi connectivity index (χ2n) is 5.75. The first-order valence-corrected chi connectivity index (χ1v) is 7.16. The Kier molecular flexibility index (Phi) is 6.50. The maximum Gasteiger partial charge on any atom is 0.223 e. The van der Waals surface area contributed by atoms with Gasteiger partial charge in [-0.25, -0.2) is 0 Å². The zero-order valence-electron chi connectivity index (χ0n) is 12.3. The van der Waals surface area contributed by atoms with Gasteiger partial charge in [0.05, 0.1) is 0 Å². The van der Waals surface area contributed by atoms with Crippen LogP contribution in [0.3, 0.4) is 0 Å². The van der Waals surface area contributed by atoms with Crippen LogP contribution in [0.1, 0.15) is 38.2 Å². The molecule has 0 bridgehead atoms. The minimum absolute atomic E-state index is 0. The molecule has 3 atom stereocenters. The van der Waals surface area contributed by atoms with Gasteiger partial charge in [-0.3, -0.25) is 4.79 Å². The van der Waals surface area contributed by atoms with E-state index in [4.69, 9.17) is 5.73 Å². The summed E-state index contributed by atoms with van der Waals surface area (Å²) in [5, 5.41) is 0. The number of carbonyl (C=O) groups excluding carboxylic acids is 1. The summed E-state index contributed by atoms with van der Waals surface area (Å²) in [5.41, 5.74) is 6.95. The average Bonchev–Trinajstić information content (AvgIpc) is 2.81. The molecule has 1 aliphatic rings. The topological polar surface area (TPSA) is 46.3 Å². The average molecular weight is 297 g/mol. The zero-order valence-corrected chi connectivity index (χ0v) is 13.1. The molecule has 0 radical (unpaired) electrons. The lowest BCUT2D eigenvalue weighted by molar-refractivity contribution is -0.132. The number of nitrogens with two attached hydrogens (primary N) is 1. The van der Waals surface area contributed by atoms with E-state index < -0.39 is 0 Å². The van der Waals surface area contributed by atoms with Crippen molar-refractivity contribution in [3.8, 4) is 0 Å². The third kappa shape index (κ3) is 3.97. The van der Waals surface area contributed by atoms with Gasteiger partial charge < -0.3 is 10.6 Å². The molecule has 20 heavy (non-hydrogen) atoms. The van der Waals surface area contributed by atoms with E-state index in [9.17, 15) is 4.79 Å². The van der Waals surface area contributed by atoms with E-state index in [0.717, 1.165) is 13.0 Å². The molecule has 1 amide bonds. The predicted molar refractivity (Wildman–Crippen MR) is 85.1 cm³/mol. The lowest BCUT2D eigenvalue weighted by Gasteiger charge is -2.23. The van der Waals surface area contributed by atoms with Gasteiger partial charge in [-0.15, -0.1) is 12.4 Å². The number of halogens is 1. The van der Waals surface area contributed by atoms with Crippen LogP contribution in [0.4, 0.5) is 0 Å². The van der Waals surface area contributed by atoms with Crippen molar-refractivity contribution in [3.63, 3.8) is 0 Å². The summed E-state index contributed by atoms with van der Waals surface area (Å²) in [6.07, 6.45) is 1.63. The molecular weight excluding hydrogens is 272 g/mol. The number of carbonyl (C=O) groups is 1. The molecule has 1 saturated heterocycles. The van der Waals surface area contributed by atoms with Crippen molar-refractivity contribution in [2.24, 2.45) is 11.7 Å². The SMILES string of the molecule is CC(CC(=O)N1CC(CN)CC1C)c1ccccc1.Cl. The molecule has 4 heteroatoms. The number of amides is 1. The van der Waals surface area contributed by atoms with Crippen LogP contribution >= 0.6 is 12.4 Å². The summed E-state index contributed by atoms with van der Waals surface area (Å²) in [5.74, 6) is 1.02. The summed E-state index contributed by atoms with van der Waals surface area (Å²) in [6, 6.07) is 10.6. The first-order chi connectivity index (χ1) is 9.11. The largest absolute Gasteiger partial charge is 0.340 e. The van der Waals surface area contributed by atoms with Crippen LogP contribution in [0.2, 0.25) is 0 Å². The molecule has 3 unspecified atom stereocenters. The molecule has 0 spiro atoms. The fourth-order valence-corrected chi connectivity index (χ4v) is 2.94. The van der Waals surface area contributed by atoms with Crippen LogP contribution in [-0.2, 0) is 4.79 Å². The van der Waals surface area contributed by atoms with E-state index >= 15 is 0 Å². The van der Waals surface area contributed by atoms with E-state index in [1.807, 2.05) is 23.1 Å². The van der Waals surface area contributed by atoms with Crippen LogP contribution in [0, 0.1) is 5.92 Å². The van der Waals surface area contributed by atoms with E-state index in [2.05, 4.69) is 26.0 Å².